The second-order valence-corrected chi connectivity index (χ2v) is 6.20. The Morgan fingerprint density at radius 3 is 2.71 bits per heavy atom. The zero-order chi connectivity index (χ0) is 17.3. The number of phenols is 1. The first-order valence-corrected chi connectivity index (χ1v) is 7.86. The zero-order valence-electron chi connectivity index (χ0n) is 13.0. The van der Waals surface area contributed by atoms with Crippen molar-refractivity contribution < 1.29 is 23.8 Å². The molecular weight excluding hydrogens is 317 g/mol. The van der Waals surface area contributed by atoms with Crippen LogP contribution < -0.4 is 10.7 Å². The van der Waals surface area contributed by atoms with Crippen molar-refractivity contribution in [3.63, 3.8) is 0 Å². The number of nitrogens with one attached hydrogen (secondary N) is 1. The molecule has 0 bridgehead atoms. The smallest absolute Gasteiger partial charge is 0.290 e. The maximum Gasteiger partial charge on any atom is 0.290 e. The van der Waals surface area contributed by atoms with Crippen LogP contribution in [0.15, 0.2) is 27.4 Å². The van der Waals surface area contributed by atoms with E-state index < -0.39 is 28.5 Å². The van der Waals surface area contributed by atoms with Crippen LogP contribution in [-0.2, 0) is 0 Å². The number of carbonyl (C=O) groups is 1. The van der Waals surface area contributed by atoms with Gasteiger partial charge in [-0.1, -0.05) is 25.3 Å². The van der Waals surface area contributed by atoms with Crippen molar-refractivity contribution in [2.45, 2.75) is 37.7 Å². The van der Waals surface area contributed by atoms with Crippen LogP contribution in [0.1, 0.15) is 42.7 Å². The summed E-state index contributed by atoms with van der Waals surface area (Å²) in [6.07, 6.45) is 3.86. The molecule has 7 heteroatoms. The highest BCUT2D eigenvalue weighted by Crippen LogP contribution is 2.28. The molecule has 2 aromatic rings. The third kappa shape index (κ3) is 2.99. The highest BCUT2D eigenvalue weighted by Gasteiger charge is 2.31. The third-order valence-corrected chi connectivity index (χ3v) is 4.41. The molecular formula is C17H18FNO5. The lowest BCUT2D eigenvalue weighted by Gasteiger charge is -2.31. The van der Waals surface area contributed by atoms with Crippen molar-refractivity contribution in [3.05, 3.63) is 40.0 Å². The number of aromatic hydroxyl groups is 1. The van der Waals surface area contributed by atoms with Crippen LogP contribution in [0.2, 0.25) is 0 Å². The van der Waals surface area contributed by atoms with Gasteiger partial charge in [0, 0.05) is 6.54 Å². The summed E-state index contributed by atoms with van der Waals surface area (Å²) in [5.74, 6) is -3.41. The minimum atomic E-state index is -1.32. The van der Waals surface area contributed by atoms with Crippen LogP contribution in [0.5, 0.6) is 5.75 Å². The Morgan fingerprint density at radius 1 is 1.29 bits per heavy atom. The molecule has 1 aromatic carbocycles. The summed E-state index contributed by atoms with van der Waals surface area (Å²) in [6, 6.07) is 3.96. The Labute approximate surface area is 136 Å². The molecule has 1 aliphatic carbocycles. The second kappa shape index (κ2) is 6.24. The summed E-state index contributed by atoms with van der Waals surface area (Å²) in [7, 11) is 0. The number of rotatable bonds is 3. The van der Waals surface area contributed by atoms with Crippen LogP contribution in [0.4, 0.5) is 4.39 Å². The predicted octanol–water partition coefficient (Wildman–Crippen LogP) is 2.06. The number of aliphatic hydroxyl groups is 1. The number of phenolic OH excluding ortho intramolecular Hbond substituents is 1. The van der Waals surface area contributed by atoms with Crippen molar-refractivity contribution in [1.29, 1.82) is 0 Å². The van der Waals surface area contributed by atoms with Gasteiger partial charge in [0.05, 0.1) is 11.0 Å². The lowest BCUT2D eigenvalue weighted by atomic mass is 9.85. The minimum absolute atomic E-state index is 0.0478. The number of hydrogen-bond donors (Lipinski definition) is 3. The quantitative estimate of drug-likeness (QED) is 0.797. The molecule has 0 spiro atoms. The van der Waals surface area contributed by atoms with E-state index in [0.29, 0.717) is 12.8 Å². The Hall–Kier alpha value is -2.41. The number of halogens is 1. The van der Waals surface area contributed by atoms with Gasteiger partial charge >= 0.3 is 0 Å². The normalized spacial score (nSPS) is 16.9. The number of carbonyl (C=O) groups excluding carboxylic acids is 1. The Morgan fingerprint density at radius 2 is 2.00 bits per heavy atom. The topological polar surface area (TPSA) is 99.8 Å². The molecule has 1 fully saturated rings. The summed E-state index contributed by atoms with van der Waals surface area (Å²) in [5, 5.41) is 22.4. The Balaban J connectivity index is 1.88. The predicted molar refractivity (Wildman–Crippen MR) is 84.5 cm³/mol. The van der Waals surface area contributed by atoms with E-state index in [1.54, 1.807) is 0 Å². The van der Waals surface area contributed by atoms with E-state index in [9.17, 15) is 24.2 Å². The van der Waals surface area contributed by atoms with Crippen LogP contribution in [0.25, 0.3) is 11.0 Å². The monoisotopic (exact) mass is 335 g/mol. The minimum Gasteiger partial charge on any atom is -0.504 e. The molecule has 1 aromatic heterocycles. The van der Waals surface area contributed by atoms with Gasteiger partial charge in [-0.3, -0.25) is 9.59 Å². The van der Waals surface area contributed by atoms with E-state index in [-0.39, 0.29) is 23.3 Å². The van der Waals surface area contributed by atoms with Crippen LogP contribution in [-0.4, -0.2) is 28.3 Å². The summed E-state index contributed by atoms with van der Waals surface area (Å²) >= 11 is 0. The summed E-state index contributed by atoms with van der Waals surface area (Å²) < 4.78 is 19.3. The number of benzene rings is 1. The fourth-order valence-corrected chi connectivity index (χ4v) is 3.04. The SMILES string of the molecule is O=C(NCC1(O)CCCCC1)c1oc2c(O)cccc2c(=O)c1F. The standard InChI is InChI=1S/C17H18FNO5/c18-12-13(21)10-5-4-6-11(20)14(10)24-15(12)16(22)19-9-17(23)7-2-1-3-8-17/h4-6,20,23H,1-3,7-9H2,(H,19,22). The largest absolute Gasteiger partial charge is 0.504 e. The van der Waals surface area contributed by atoms with Gasteiger partial charge in [-0.05, 0) is 25.0 Å². The van der Waals surface area contributed by atoms with E-state index in [1.165, 1.54) is 18.2 Å². The molecule has 1 heterocycles. The molecule has 24 heavy (non-hydrogen) atoms. The van der Waals surface area contributed by atoms with Gasteiger partial charge in [-0.25, -0.2) is 0 Å². The maximum absolute atomic E-state index is 14.2. The molecule has 0 atom stereocenters. The molecule has 3 rings (SSSR count). The Kier molecular flexibility index (Phi) is 4.28. The molecule has 0 aliphatic heterocycles. The summed E-state index contributed by atoms with van der Waals surface area (Å²) in [4.78, 5) is 24.2. The molecule has 3 N–H and O–H groups in total. The van der Waals surface area contributed by atoms with Gasteiger partial charge in [0.1, 0.15) is 0 Å². The van der Waals surface area contributed by atoms with Gasteiger partial charge < -0.3 is 19.9 Å². The van der Waals surface area contributed by atoms with Crippen molar-refractivity contribution >= 4 is 16.9 Å². The van der Waals surface area contributed by atoms with E-state index in [4.69, 9.17) is 4.42 Å². The number of para-hydroxylation sites is 1. The van der Waals surface area contributed by atoms with E-state index in [0.717, 1.165) is 19.3 Å². The van der Waals surface area contributed by atoms with Crippen LogP contribution in [0.3, 0.4) is 0 Å². The summed E-state index contributed by atoms with van der Waals surface area (Å²) in [6.45, 7) is -0.0478. The lowest BCUT2D eigenvalue weighted by molar-refractivity contribution is 0.00496. The first-order chi connectivity index (χ1) is 11.4. The third-order valence-electron chi connectivity index (χ3n) is 4.41. The molecule has 0 radical (unpaired) electrons. The van der Waals surface area contributed by atoms with Gasteiger partial charge in [-0.2, -0.15) is 4.39 Å². The van der Waals surface area contributed by atoms with Crippen LogP contribution >= 0.6 is 0 Å². The zero-order valence-corrected chi connectivity index (χ0v) is 13.0. The summed E-state index contributed by atoms with van der Waals surface area (Å²) in [5.41, 5.74) is -2.29. The van der Waals surface area contributed by atoms with Crippen molar-refractivity contribution in [3.8, 4) is 5.75 Å². The molecule has 128 valence electrons. The van der Waals surface area contributed by atoms with Crippen molar-refractivity contribution in [2.24, 2.45) is 0 Å². The Bertz CT molecular complexity index is 839. The number of amides is 1. The molecule has 1 amide bonds. The van der Waals surface area contributed by atoms with E-state index >= 15 is 0 Å². The van der Waals surface area contributed by atoms with Crippen LogP contribution in [0, 0.1) is 5.82 Å². The molecule has 0 saturated heterocycles. The van der Waals surface area contributed by atoms with Gasteiger partial charge in [0.2, 0.25) is 17.0 Å². The fraction of sp³-hybridized carbons (Fsp3) is 0.412. The van der Waals surface area contributed by atoms with Crippen molar-refractivity contribution in [2.75, 3.05) is 6.54 Å². The average molecular weight is 335 g/mol. The highest BCUT2D eigenvalue weighted by atomic mass is 19.1. The van der Waals surface area contributed by atoms with E-state index in [2.05, 4.69) is 5.32 Å². The van der Waals surface area contributed by atoms with E-state index in [1.807, 2.05) is 0 Å². The number of hydrogen-bond acceptors (Lipinski definition) is 5. The number of fused-ring (bicyclic) bond motifs is 1. The lowest BCUT2D eigenvalue weighted by Crippen LogP contribution is -2.44. The second-order valence-electron chi connectivity index (χ2n) is 6.20. The van der Waals surface area contributed by atoms with Crippen molar-refractivity contribution in [1.82, 2.24) is 5.32 Å². The average Bonchev–Trinajstić information content (AvgIpc) is 2.57. The van der Waals surface area contributed by atoms with Gasteiger partial charge in [0.15, 0.2) is 11.3 Å². The molecule has 0 unspecified atom stereocenters. The molecule has 1 saturated carbocycles. The fourth-order valence-electron chi connectivity index (χ4n) is 3.04. The molecule has 1 aliphatic rings. The highest BCUT2D eigenvalue weighted by molar-refractivity contribution is 5.94. The van der Waals surface area contributed by atoms with Gasteiger partial charge in [0.25, 0.3) is 5.91 Å². The van der Waals surface area contributed by atoms with Gasteiger partial charge in [-0.15, -0.1) is 0 Å². The first-order valence-electron chi connectivity index (χ1n) is 7.86. The maximum atomic E-state index is 14.2. The molecule has 6 nitrogen and oxygen atoms in total. The first kappa shape index (κ1) is 16.4.